The Labute approximate surface area is 211 Å². The van der Waals surface area contributed by atoms with E-state index in [4.69, 9.17) is 10.5 Å². The lowest BCUT2D eigenvalue weighted by Gasteiger charge is -2.14. The highest BCUT2D eigenvalue weighted by atomic mass is 32.2. The standard InChI is InChI=1S/C24H23F2N5O3S2/c1-24(2,3)22-30-19(20(35-22)16-11-12-28-23(27)29-16)13-7-5-9-15(18(13)26)31-36(32,33)21-14(25)8-6-10-17(21)34-4/h5-12,31H,1-4H3,(H2,27,28,29). The Kier molecular flexibility index (Phi) is 6.67. The van der Waals surface area contributed by atoms with E-state index in [9.17, 15) is 12.8 Å². The lowest BCUT2D eigenvalue weighted by Crippen LogP contribution is -2.17. The molecule has 4 rings (SSSR count). The van der Waals surface area contributed by atoms with E-state index in [1.54, 1.807) is 6.07 Å². The van der Waals surface area contributed by atoms with Gasteiger partial charge in [-0.3, -0.25) is 4.72 Å². The molecule has 0 amide bonds. The first kappa shape index (κ1) is 25.5. The molecule has 36 heavy (non-hydrogen) atoms. The molecule has 12 heteroatoms. The van der Waals surface area contributed by atoms with Crippen LogP contribution < -0.4 is 15.2 Å². The Hall–Kier alpha value is -3.64. The molecule has 0 aliphatic heterocycles. The van der Waals surface area contributed by atoms with Crippen LogP contribution in [-0.4, -0.2) is 30.5 Å². The van der Waals surface area contributed by atoms with E-state index in [0.29, 0.717) is 15.6 Å². The van der Waals surface area contributed by atoms with Crippen LogP contribution in [0.25, 0.3) is 21.8 Å². The van der Waals surface area contributed by atoms with Gasteiger partial charge < -0.3 is 10.5 Å². The van der Waals surface area contributed by atoms with Gasteiger partial charge in [0.1, 0.15) is 11.6 Å². The van der Waals surface area contributed by atoms with Crippen LogP contribution in [0.3, 0.4) is 0 Å². The molecule has 0 fully saturated rings. The number of thiazole rings is 1. The normalized spacial score (nSPS) is 11.9. The highest BCUT2D eigenvalue weighted by Crippen LogP contribution is 2.42. The summed E-state index contributed by atoms with van der Waals surface area (Å²) in [5.41, 5.74) is 5.79. The van der Waals surface area contributed by atoms with Crippen molar-refractivity contribution in [1.29, 1.82) is 0 Å². The van der Waals surface area contributed by atoms with Gasteiger partial charge >= 0.3 is 0 Å². The van der Waals surface area contributed by atoms with Gasteiger partial charge in [0.25, 0.3) is 10.0 Å². The second-order valence-electron chi connectivity index (χ2n) is 8.79. The van der Waals surface area contributed by atoms with Crippen molar-refractivity contribution in [2.75, 3.05) is 17.6 Å². The molecular weight excluding hydrogens is 508 g/mol. The van der Waals surface area contributed by atoms with Crippen LogP contribution in [0, 0.1) is 11.6 Å². The Morgan fingerprint density at radius 1 is 1.06 bits per heavy atom. The Morgan fingerprint density at radius 3 is 2.44 bits per heavy atom. The zero-order valence-electron chi connectivity index (χ0n) is 19.8. The van der Waals surface area contributed by atoms with Gasteiger partial charge in [0.15, 0.2) is 10.7 Å². The Bertz CT molecular complexity index is 1550. The summed E-state index contributed by atoms with van der Waals surface area (Å²) in [7, 11) is -3.33. The quantitative estimate of drug-likeness (QED) is 0.349. The molecule has 0 bridgehead atoms. The van der Waals surface area contributed by atoms with E-state index in [1.807, 2.05) is 20.8 Å². The van der Waals surface area contributed by atoms with E-state index in [-0.39, 0.29) is 34.1 Å². The van der Waals surface area contributed by atoms with Crippen molar-refractivity contribution in [3.63, 3.8) is 0 Å². The second-order valence-corrected chi connectivity index (χ2v) is 11.4. The molecule has 0 saturated carbocycles. The molecule has 4 aromatic rings. The number of benzene rings is 2. The van der Waals surface area contributed by atoms with Crippen LogP contribution in [0.2, 0.25) is 0 Å². The van der Waals surface area contributed by atoms with Crippen LogP contribution in [0.15, 0.2) is 53.6 Å². The zero-order valence-corrected chi connectivity index (χ0v) is 21.5. The van der Waals surface area contributed by atoms with Crippen LogP contribution in [0.1, 0.15) is 25.8 Å². The van der Waals surface area contributed by atoms with Gasteiger partial charge in [-0.25, -0.2) is 32.2 Å². The maximum Gasteiger partial charge on any atom is 0.268 e. The van der Waals surface area contributed by atoms with Crippen LogP contribution in [0.4, 0.5) is 20.4 Å². The molecule has 0 aliphatic rings. The predicted molar refractivity (Wildman–Crippen MR) is 135 cm³/mol. The van der Waals surface area contributed by atoms with Gasteiger partial charge in [-0.2, -0.15) is 0 Å². The highest BCUT2D eigenvalue weighted by Gasteiger charge is 2.28. The minimum Gasteiger partial charge on any atom is -0.495 e. The van der Waals surface area contributed by atoms with Crippen molar-refractivity contribution in [3.05, 3.63) is 65.3 Å². The molecule has 0 spiro atoms. The summed E-state index contributed by atoms with van der Waals surface area (Å²) >= 11 is 1.33. The van der Waals surface area contributed by atoms with Crippen LogP contribution >= 0.6 is 11.3 Å². The third-order valence-corrected chi connectivity index (χ3v) is 8.02. The number of nitrogen functional groups attached to an aromatic ring is 1. The number of ether oxygens (including phenoxy) is 1. The summed E-state index contributed by atoms with van der Waals surface area (Å²) < 4.78 is 63.5. The number of nitrogens with one attached hydrogen (secondary N) is 1. The molecule has 2 aromatic heterocycles. The first-order valence-corrected chi connectivity index (χ1v) is 13.0. The molecule has 0 radical (unpaired) electrons. The van der Waals surface area contributed by atoms with Gasteiger partial charge in [0.2, 0.25) is 5.95 Å². The SMILES string of the molecule is COc1cccc(F)c1S(=O)(=O)Nc1cccc(-c2nc(C(C)(C)C)sc2-c2ccnc(N)n2)c1F. The second kappa shape index (κ2) is 9.43. The van der Waals surface area contributed by atoms with Gasteiger partial charge in [0, 0.05) is 17.2 Å². The monoisotopic (exact) mass is 531 g/mol. The average molecular weight is 532 g/mol. The van der Waals surface area contributed by atoms with Crippen molar-refractivity contribution < 1.29 is 21.9 Å². The van der Waals surface area contributed by atoms with Crippen molar-refractivity contribution in [1.82, 2.24) is 15.0 Å². The molecule has 3 N–H and O–H groups in total. The highest BCUT2D eigenvalue weighted by molar-refractivity contribution is 7.92. The third-order valence-electron chi connectivity index (χ3n) is 5.09. The number of nitrogens with zero attached hydrogens (tertiary/aromatic N) is 3. The maximum atomic E-state index is 15.8. The molecule has 8 nitrogen and oxygen atoms in total. The van der Waals surface area contributed by atoms with Crippen molar-refractivity contribution in [2.45, 2.75) is 31.1 Å². The van der Waals surface area contributed by atoms with Gasteiger partial charge in [-0.05, 0) is 30.3 Å². The van der Waals surface area contributed by atoms with E-state index in [2.05, 4.69) is 19.7 Å². The molecule has 0 saturated heterocycles. The molecule has 188 valence electrons. The molecule has 0 unspecified atom stereocenters. The number of nitrogens with two attached hydrogens (primary N) is 1. The Balaban J connectivity index is 1.85. The average Bonchev–Trinajstić information content (AvgIpc) is 3.26. The fourth-order valence-electron chi connectivity index (χ4n) is 3.40. The van der Waals surface area contributed by atoms with Gasteiger partial charge in [-0.1, -0.05) is 32.9 Å². The largest absolute Gasteiger partial charge is 0.495 e. The van der Waals surface area contributed by atoms with Gasteiger partial charge in [-0.15, -0.1) is 11.3 Å². The summed E-state index contributed by atoms with van der Waals surface area (Å²) in [6.45, 7) is 5.91. The lowest BCUT2D eigenvalue weighted by atomic mass is 9.98. The van der Waals surface area contributed by atoms with E-state index in [0.717, 1.165) is 6.07 Å². The first-order chi connectivity index (χ1) is 16.9. The molecule has 0 atom stereocenters. The summed E-state index contributed by atoms with van der Waals surface area (Å²) in [5.74, 6) is -2.08. The molecular formula is C24H23F2N5O3S2. The number of rotatable bonds is 6. The zero-order chi connectivity index (χ0) is 26.3. The number of halogens is 2. The summed E-state index contributed by atoms with van der Waals surface area (Å²) in [4.78, 5) is 12.7. The smallest absolute Gasteiger partial charge is 0.268 e. The summed E-state index contributed by atoms with van der Waals surface area (Å²) in [6.07, 6.45) is 1.49. The van der Waals surface area contributed by atoms with E-state index in [1.165, 1.54) is 55.0 Å². The minimum atomic E-state index is -4.54. The number of methoxy groups -OCH3 is 1. The van der Waals surface area contributed by atoms with Crippen molar-refractivity contribution in [3.8, 4) is 27.6 Å². The van der Waals surface area contributed by atoms with E-state index >= 15 is 4.39 Å². The fourth-order valence-corrected chi connectivity index (χ4v) is 5.79. The molecule has 0 aliphatic carbocycles. The fraction of sp³-hybridized carbons (Fsp3) is 0.208. The third kappa shape index (κ3) is 4.86. The van der Waals surface area contributed by atoms with Crippen molar-refractivity contribution in [2.24, 2.45) is 0 Å². The number of anilines is 2. The van der Waals surface area contributed by atoms with Crippen LogP contribution in [0.5, 0.6) is 5.75 Å². The van der Waals surface area contributed by atoms with Crippen molar-refractivity contribution >= 4 is 33.0 Å². The first-order valence-electron chi connectivity index (χ1n) is 10.7. The minimum absolute atomic E-state index is 0.0367. The number of aromatic nitrogens is 3. The number of hydrogen-bond donors (Lipinski definition) is 2. The van der Waals surface area contributed by atoms with E-state index < -0.39 is 26.6 Å². The number of sulfonamides is 1. The molecule has 2 aromatic carbocycles. The van der Waals surface area contributed by atoms with Gasteiger partial charge in [0.05, 0.1) is 34.1 Å². The van der Waals surface area contributed by atoms with Crippen LogP contribution in [-0.2, 0) is 15.4 Å². The number of hydrogen-bond acceptors (Lipinski definition) is 8. The predicted octanol–water partition coefficient (Wildman–Crippen LogP) is 5.23. The summed E-state index contributed by atoms with van der Waals surface area (Å²) in [5, 5.41) is 0.714. The summed E-state index contributed by atoms with van der Waals surface area (Å²) in [6, 6.07) is 9.42. The Morgan fingerprint density at radius 2 is 1.78 bits per heavy atom. The maximum absolute atomic E-state index is 15.8. The topological polar surface area (TPSA) is 120 Å². The molecule has 2 heterocycles. The lowest BCUT2D eigenvalue weighted by molar-refractivity contribution is 0.395.